The van der Waals surface area contributed by atoms with Gasteiger partial charge in [-0.15, -0.1) is 11.3 Å². The van der Waals surface area contributed by atoms with E-state index in [0.29, 0.717) is 16.8 Å². The summed E-state index contributed by atoms with van der Waals surface area (Å²) in [6, 6.07) is 10.3. The number of anilines is 1. The molecule has 0 atom stereocenters. The Hall–Kier alpha value is -2.95. The predicted molar refractivity (Wildman–Crippen MR) is 120 cm³/mol. The summed E-state index contributed by atoms with van der Waals surface area (Å²) in [5.74, 6) is 0.339. The number of thiophene rings is 1. The zero-order valence-electron chi connectivity index (χ0n) is 16.6. The monoisotopic (exact) mass is 418 g/mol. The first-order valence-electron chi connectivity index (χ1n) is 10.3. The summed E-state index contributed by atoms with van der Waals surface area (Å²) >= 11 is 1.60. The van der Waals surface area contributed by atoms with E-state index in [9.17, 15) is 10.1 Å². The van der Waals surface area contributed by atoms with Crippen LogP contribution >= 0.6 is 11.3 Å². The minimum absolute atomic E-state index is 0.141. The van der Waals surface area contributed by atoms with Crippen molar-refractivity contribution in [3.8, 4) is 6.07 Å². The topological polar surface area (TPSA) is 82.0 Å². The lowest BCUT2D eigenvalue weighted by molar-refractivity contribution is 0.122. The number of hydrogen-bond donors (Lipinski definition) is 1. The highest BCUT2D eigenvalue weighted by Gasteiger charge is 2.20. The van der Waals surface area contributed by atoms with Crippen LogP contribution in [-0.2, 0) is 17.6 Å². The molecule has 1 saturated heterocycles. The number of rotatable bonds is 3. The number of benzene rings is 1. The van der Waals surface area contributed by atoms with Gasteiger partial charge in [-0.25, -0.2) is 4.98 Å². The van der Waals surface area contributed by atoms with E-state index in [1.54, 1.807) is 17.4 Å². The Morgan fingerprint density at radius 1 is 1.20 bits per heavy atom. The van der Waals surface area contributed by atoms with Gasteiger partial charge < -0.3 is 14.6 Å². The van der Waals surface area contributed by atoms with Gasteiger partial charge in [0.25, 0.3) is 5.56 Å². The zero-order chi connectivity index (χ0) is 20.5. The number of H-pyrrole nitrogens is 1. The molecule has 0 unspecified atom stereocenters. The van der Waals surface area contributed by atoms with Gasteiger partial charge in [0.15, 0.2) is 5.82 Å². The SMILES string of the molecule is N#C/C(=C\c1ccc(N2CCOCC2)cc1)c1nc2sc3c(c2c(=O)[nH]1)CCCC3. The van der Waals surface area contributed by atoms with Gasteiger partial charge >= 0.3 is 0 Å². The van der Waals surface area contributed by atoms with Crippen LogP contribution in [0.5, 0.6) is 0 Å². The molecule has 3 aromatic rings. The number of nitriles is 1. The Morgan fingerprint density at radius 2 is 1.97 bits per heavy atom. The van der Waals surface area contributed by atoms with E-state index in [0.717, 1.165) is 73.6 Å². The van der Waals surface area contributed by atoms with Crippen molar-refractivity contribution in [2.75, 3.05) is 31.2 Å². The highest BCUT2D eigenvalue weighted by molar-refractivity contribution is 7.18. The first kappa shape index (κ1) is 19.0. The third-order valence-electron chi connectivity index (χ3n) is 5.78. The van der Waals surface area contributed by atoms with Crippen molar-refractivity contribution in [3.05, 3.63) is 56.4 Å². The number of nitrogens with one attached hydrogen (secondary N) is 1. The number of fused-ring (bicyclic) bond motifs is 3. The number of ether oxygens (including phenoxy) is 1. The fourth-order valence-electron chi connectivity index (χ4n) is 4.21. The van der Waals surface area contributed by atoms with Gasteiger partial charge in [-0.2, -0.15) is 5.26 Å². The Morgan fingerprint density at radius 3 is 2.73 bits per heavy atom. The average Bonchev–Trinajstić information content (AvgIpc) is 3.17. The molecular formula is C23H22N4O2S. The molecule has 7 heteroatoms. The predicted octanol–water partition coefficient (Wildman–Crippen LogP) is 3.76. The van der Waals surface area contributed by atoms with E-state index in [1.165, 1.54) is 4.88 Å². The summed E-state index contributed by atoms with van der Waals surface area (Å²) in [6.07, 6.45) is 6.01. The fraction of sp³-hybridized carbons (Fsp3) is 0.348. The summed E-state index contributed by atoms with van der Waals surface area (Å²) in [5, 5.41) is 10.4. The molecule has 3 heterocycles. The van der Waals surface area contributed by atoms with E-state index in [1.807, 2.05) is 12.1 Å². The Balaban J connectivity index is 1.47. The maximum absolute atomic E-state index is 12.8. The van der Waals surface area contributed by atoms with Gasteiger partial charge in [-0.05, 0) is 55.0 Å². The number of aromatic nitrogens is 2. The lowest BCUT2D eigenvalue weighted by Gasteiger charge is -2.28. The van der Waals surface area contributed by atoms with Gasteiger partial charge in [0.2, 0.25) is 0 Å². The number of morpholine rings is 1. The molecule has 0 amide bonds. The number of hydrogen-bond acceptors (Lipinski definition) is 6. The third-order valence-corrected chi connectivity index (χ3v) is 6.97. The Kier molecular flexibility index (Phi) is 5.11. The van der Waals surface area contributed by atoms with Crippen molar-refractivity contribution >= 4 is 38.9 Å². The lowest BCUT2D eigenvalue weighted by atomic mass is 9.97. The maximum atomic E-state index is 12.8. The van der Waals surface area contributed by atoms with Gasteiger partial charge in [-0.3, -0.25) is 4.79 Å². The maximum Gasteiger partial charge on any atom is 0.260 e. The second kappa shape index (κ2) is 8.05. The van der Waals surface area contributed by atoms with Crippen molar-refractivity contribution in [2.24, 2.45) is 0 Å². The van der Waals surface area contributed by atoms with Crippen molar-refractivity contribution < 1.29 is 4.74 Å². The molecule has 0 radical (unpaired) electrons. The summed E-state index contributed by atoms with van der Waals surface area (Å²) < 4.78 is 5.41. The second-order valence-corrected chi connectivity index (χ2v) is 8.75. The van der Waals surface area contributed by atoms with Gasteiger partial charge in [0.05, 0.1) is 24.2 Å². The smallest absolute Gasteiger partial charge is 0.260 e. The van der Waals surface area contributed by atoms with Crippen LogP contribution in [0.15, 0.2) is 29.1 Å². The molecular weight excluding hydrogens is 396 g/mol. The largest absolute Gasteiger partial charge is 0.378 e. The van der Waals surface area contributed by atoms with Crippen LogP contribution < -0.4 is 10.5 Å². The molecule has 0 spiro atoms. The van der Waals surface area contributed by atoms with Crippen molar-refractivity contribution in [1.82, 2.24) is 9.97 Å². The normalized spacial score (nSPS) is 17.0. The summed E-state index contributed by atoms with van der Waals surface area (Å²) in [5.41, 5.74) is 3.42. The van der Waals surface area contributed by atoms with E-state index < -0.39 is 0 Å². The lowest BCUT2D eigenvalue weighted by Crippen LogP contribution is -2.36. The van der Waals surface area contributed by atoms with E-state index >= 15 is 0 Å². The molecule has 5 rings (SSSR count). The number of aryl methyl sites for hydroxylation is 2. The molecule has 6 nitrogen and oxygen atoms in total. The quantitative estimate of drug-likeness (QED) is 0.655. The summed E-state index contributed by atoms with van der Waals surface area (Å²) in [7, 11) is 0. The Labute approximate surface area is 178 Å². The van der Waals surface area contributed by atoms with Crippen LogP contribution in [0, 0.1) is 11.3 Å². The fourth-order valence-corrected chi connectivity index (χ4v) is 5.48. The molecule has 0 bridgehead atoms. The first-order valence-corrected chi connectivity index (χ1v) is 11.1. The minimum Gasteiger partial charge on any atom is -0.378 e. The zero-order valence-corrected chi connectivity index (χ0v) is 17.4. The molecule has 1 N–H and O–H groups in total. The van der Waals surface area contributed by atoms with Crippen LogP contribution in [0.4, 0.5) is 5.69 Å². The van der Waals surface area contributed by atoms with Crippen LogP contribution in [-0.4, -0.2) is 36.3 Å². The molecule has 1 fully saturated rings. The van der Waals surface area contributed by atoms with Crippen molar-refractivity contribution in [3.63, 3.8) is 0 Å². The average molecular weight is 419 g/mol. The first-order chi connectivity index (χ1) is 14.7. The highest BCUT2D eigenvalue weighted by atomic mass is 32.1. The second-order valence-electron chi connectivity index (χ2n) is 7.67. The van der Waals surface area contributed by atoms with Crippen molar-refractivity contribution in [2.45, 2.75) is 25.7 Å². The number of aromatic amines is 1. The minimum atomic E-state index is -0.141. The van der Waals surface area contributed by atoms with Crippen LogP contribution in [0.25, 0.3) is 21.9 Å². The van der Waals surface area contributed by atoms with E-state index in [-0.39, 0.29) is 5.56 Å². The van der Waals surface area contributed by atoms with E-state index in [2.05, 4.69) is 33.1 Å². The molecule has 1 aromatic carbocycles. The van der Waals surface area contributed by atoms with Gasteiger partial charge in [0, 0.05) is 23.7 Å². The summed E-state index contributed by atoms with van der Waals surface area (Å²) in [4.78, 5) is 24.6. The van der Waals surface area contributed by atoms with Crippen LogP contribution in [0.2, 0.25) is 0 Å². The number of nitrogens with zero attached hydrogens (tertiary/aromatic N) is 3. The third kappa shape index (κ3) is 3.53. The van der Waals surface area contributed by atoms with Crippen LogP contribution in [0.3, 0.4) is 0 Å². The van der Waals surface area contributed by atoms with Crippen molar-refractivity contribution in [1.29, 1.82) is 5.26 Å². The molecule has 1 aliphatic heterocycles. The van der Waals surface area contributed by atoms with Gasteiger partial charge in [-0.1, -0.05) is 12.1 Å². The van der Waals surface area contributed by atoms with Gasteiger partial charge in [0.1, 0.15) is 10.9 Å². The molecule has 1 aliphatic carbocycles. The highest BCUT2D eigenvalue weighted by Crippen LogP contribution is 2.34. The molecule has 30 heavy (non-hydrogen) atoms. The van der Waals surface area contributed by atoms with E-state index in [4.69, 9.17) is 4.74 Å². The molecule has 152 valence electrons. The number of allylic oxidation sites excluding steroid dienone is 1. The molecule has 0 saturated carbocycles. The molecule has 2 aliphatic rings. The Bertz CT molecular complexity index is 1210. The van der Waals surface area contributed by atoms with Crippen LogP contribution in [0.1, 0.15) is 34.7 Å². The molecule has 2 aromatic heterocycles. The standard InChI is InChI=1S/C23H22N4O2S/c24-14-16(13-15-5-7-17(8-6-15)27-9-11-29-12-10-27)21-25-22(28)20-18-3-1-2-4-19(18)30-23(20)26-21/h5-8,13H,1-4,9-12H2,(H,25,26,28)/b16-13+. The summed E-state index contributed by atoms with van der Waals surface area (Å²) in [6.45, 7) is 3.25.